The second kappa shape index (κ2) is 10.3. The molecule has 5 nitrogen and oxygen atoms in total. The topological polar surface area (TPSA) is 61.8 Å². The summed E-state index contributed by atoms with van der Waals surface area (Å²) in [5.74, 6) is 1.17. The average Bonchev–Trinajstić information content (AvgIpc) is 2.64. The summed E-state index contributed by atoms with van der Waals surface area (Å²) in [6, 6.07) is 15.0. The van der Waals surface area contributed by atoms with Crippen molar-refractivity contribution < 1.29 is 14.6 Å². The van der Waals surface area contributed by atoms with Crippen molar-refractivity contribution >= 4 is 6.03 Å². The van der Waals surface area contributed by atoms with E-state index in [9.17, 15) is 9.90 Å². The lowest BCUT2D eigenvalue weighted by atomic mass is 10.1. The van der Waals surface area contributed by atoms with E-state index in [4.69, 9.17) is 4.74 Å². The molecular weight excluding hydrogens is 328 g/mol. The first-order valence-electron chi connectivity index (χ1n) is 9.01. The molecule has 0 aliphatic carbocycles. The van der Waals surface area contributed by atoms with Gasteiger partial charge in [-0.3, -0.25) is 0 Å². The molecule has 2 amide bonds. The van der Waals surface area contributed by atoms with Gasteiger partial charge < -0.3 is 20.1 Å². The van der Waals surface area contributed by atoms with Gasteiger partial charge in [-0.25, -0.2) is 4.79 Å². The number of rotatable bonds is 9. The van der Waals surface area contributed by atoms with E-state index in [2.05, 4.69) is 5.32 Å². The van der Waals surface area contributed by atoms with Crippen molar-refractivity contribution in [3.05, 3.63) is 59.7 Å². The summed E-state index contributed by atoms with van der Waals surface area (Å²) >= 11 is 0. The lowest BCUT2D eigenvalue weighted by Gasteiger charge is -2.18. The third kappa shape index (κ3) is 6.67. The number of para-hydroxylation sites is 1. The second-order valence-electron chi connectivity index (χ2n) is 6.39. The minimum absolute atomic E-state index is 0.0633. The average molecular weight is 356 g/mol. The largest absolute Gasteiger partial charge is 0.508 e. The van der Waals surface area contributed by atoms with E-state index in [1.807, 2.05) is 43.3 Å². The van der Waals surface area contributed by atoms with E-state index in [1.54, 1.807) is 24.1 Å². The zero-order valence-electron chi connectivity index (χ0n) is 15.6. The smallest absolute Gasteiger partial charge is 0.317 e. The Balaban J connectivity index is 1.57. The Kier molecular flexibility index (Phi) is 7.80. The van der Waals surface area contributed by atoms with Gasteiger partial charge in [0.25, 0.3) is 0 Å². The lowest BCUT2D eigenvalue weighted by Crippen LogP contribution is -2.38. The molecule has 26 heavy (non-hydrogen) atoms. The van der Waals surface area contributed by atoms with Crippen LogP contribution in [0.1, 0.15) is 24.0 Å². The number of hydrogen-bond acceptors (Lipinski definition) is 3. The standard InChI is InChI=1S/C21H28N2O3/c1-17-7-3-4-9-20(17)26-16-6-15-23(2)21(25)22-14-5-8-18-10-12-19(24)13-11-18/h3-4,7,9-13,24H,5-6,8,14-16H2,1-2H3,(H,22,25). The summed E-state index contributed by atoms with van der Waals surface area (Å²) in [5, 5.41) is 12.2. The summed E-state index contributed by atoms with van der Waals surface area (Å²) < 4.78 is 5.75. The molecule has 0 atom stereocenters. The number of nitrogens with one attached hydrogen (secondary N) is 1. The van der Waals surface area contributed by atoms with Crippen LogP contribution < -0.4 is 10.1 Å². The molecule has 2 rings (SSSR count). The van der Waals surface area contributed by atoms with Crippen molar-refractivity contribution in [2.75, 3.05) is 26.7 Å². The summed E-state index contributed by atoms with van der Waals surface area (Å²) in [6.07, 6.45) is 2.51. The summed E-state index contributed by atoms with van der Waals surface area (Å²) in [5.41, 5.74) is 2.27. The first kappa shape index (κ1) is 19.6. The highest BCUT2D eigenvalue weighted by atomic mass is 16.5. The normalized spacial score (nSPS) is 10.4. The van der Waals surface area contributed by atoms with Crippen molar-refractivity contribution in [3.8, 4) is 11.5 Å². The first-order valence-corrected chi connectivity index (χ1v) is 9.01. The molecule has 5 heteroatoms. The number of aromatic hydroxyl groups is 1. The van der Waals surface area contributed by atoms with Crippen LogP contribution in [0.2, 0.25) is 0 Å². The quantitative estimate of drug-likeness (QED) is 0.673. The van der Waals surface area contributed by atoms with Crippen molar-refractivity contribution in [1.82, 2.24) is 10.2 Å². The van der Waals surface area contributed by atoms with Gasteiger partial charge in [0.1, 0.15) is 11.5 Å². The van der Waals surface area contributed by atoms with Crippen LogP contribution in [0.5, 0.6) is 11.5 Å². The third-order valence-corrected chi connectivity index (χ3v) is 4.19. The molecule has 0 unspecified atom stereocenters. The van der Waals surface area contributed by atoms with E-state index < -0.39 is 0 Å². The van der Waals surface area contributed by atoms with Crippen LogP contribution >= 0.6 is 0 Å². The highest BCUT2D eigenvalue weighted by molar-refractivity contribution is 5.73. The Bertz CT molecular complexity index is 686. The van der Waals surface area contributed by atoms with Gasteiger partial charge in [-0.05, 0) is 55.5 Å². The van der Waals surface area contributed by atoms with Crippen molar-refractivity contribution in [1.29, 1.82) is 0 Å². The fraction of sp³-hybridized carbons (Fsp3) is 0.381. The number of amides is 2. The highest BCUT2D eigenvalue weighted by Crippen LogP contribution is 2.16. The molecule has 0 heterocycles. The summed E-state index contributed by atoms with van der Waals surface area (Å²) in [7, 11) is 1.79. The molecule has 140 valence electrons. The van der Waals surface area contributed by atoms with Gasteiger partial charge in [-0.2, -0.15) is 0 Å². The number of phenolic OH excluding ortho intramolecular Hbond substituents is 1. The van der Waals surface area contributed by atoms with E-state index in [1.165, 1.54) is 0 Å². The molecule has 0 spiro atoms. The summed E-state index contributed by atoms with van der Waals surface area (Å²) in [4.78, 5) is 13.7. The van der Waals surface area contributed by atoms with Crippen LogP contribution in [0.25, 0.3) is 0 Å². The lowest BCUT2D eigenvalue weighted by molar-refractivity contribution is 0.203. The van der Waals surface area contributed by atoms with Gasteiger partial charge in [0, 0.05) is 20.1 Å². The monoisotopic (exact) mass is 356 g/mol. The van der Waals surface area contributed by atoms with Gasteiger partial charge in [0.05, 0.1) is 6.61 Å². The zero-order valence-corrected chi connectivity index (χ0v) is 15.6. The predicted octanol–water partition coefficient (Wildman–Crippen LogP) is 3.74. The maximum Gasteiger partial charge on any atom is 0.317 e. The van der Waals surface area contributed by atoms with Crippen LogP contribution in [0.3, 0.4) is 0 Å². The summed E-state index contributed by atoms with van der Waals surface area (Å²) in [6.45, 7) is 3.88. The number of nitrogens with zero attached hydrogens (tertiary/aromatic N) is 1. The molecule has 0 bridgehead atoms. The second-order valence-corrected chi connectivity index (χ2v) is 6.39. The molecule has 0 aliphatic rings. The molecule has 0 aliphatic heterocycles. The minimum atomic E-state index is -0.0633. The fourth-order valence-electron chi connectivity index (χ4n) is 2.59. The van der Waals surface area contributed by atoms with E-state index >= 15 is 0 Å². The Labute approximate surface area is 155 Å². The van der Waals surface area contributed by atoms with Gasteiger partial charge in [-0.15, -0.1) is 0 Å². The van der Waals surface area contributed by atoms with E-state index in [0.717, 1.165) is 36.1 Å². The maximum atomic E-state index is 12.1. The molecule has 0 radical (unpaired) electrons. The number of ether oxygens (including phenoxy) is 1. The third-order valence-electron chi connectivity index (χ3n) is 4.19. The number of carbonyl (C=O) groups excluding carboxylic acids is 1. The molecule has 0 aromatic heterocycles. The number of phenols is 1. The predicted molar refractivity (Wildman–Crippen MR) is 104 cm³/mol. The molecule has 2 N–H and O–H groups in total. The van der Waals surface area contributed by atoms with Gasteiger partial charge in [0.15, 0.2) is 0 Å². The Hall–Kier alpha value is -2.69. The zero-order chi connectivity index (χ0) is 18.8. The van der Waals surface area contributed by atoms with Gasteiger partial charge >= 0.3 is 6.03 Å². The molecule has 2 aromatic carbocycles. The SMILES string of the molecule is Cc1ccccc1OCCCN(C)C(=O)NCCCc1ccc(O)cc1. The van der Waals surface area contributed by atoms with Crippen molar-refractivity contribution in [2.24, 2.45) is 0 Å². The van der Waals surface area contributed by atoms with Crippen LogP contribution in [0.15, 0.2) is 48.5 Å². The van der Waals surface area contributed by atoms with Gasteiger partial charge in [0.2, 0.25) is 0 Å². The Morgan fingerprint density at radius 2 is 1.85 bits per heavy atom. The van der Waals surface area contributed by atoms with Crippen LogP contribution in [0.4, 0.5) is 4.79 Å². The van der Waals surface area contributed by atoms with Gasteiger partial charge in [-0.1, -0.05) is 30.3 Å². The highest BCUT2D eigenvalue weighted by Gasteiger charge is 2.07. The fourth-order valence-corrected chi connectivity index (χ4v) is 2.59. The number of hydrogen-bond donors (Lipinski definition) is 2. The minimum Gasteiger partial charge on any atom is -0.508 e. The first-order chi connectivity index (χ1) is 12.6. The van der Waals surface area contributed by atoms with Crippen LogP contribution in [-0.4, -0.2) is 42.8 Å². The van der Waals surface area contributed by atoms with Crippen molar-refractivity contribution in [3.63, 3.8) is 0 Å². The van der Waals surface area contributed by atoms with E-state index in [-0.39, 0.29) is 11.8 Å². The number of carbonyl (C=O) groups is 1. The van der Waals surface area contributed by atoms with E-state index in [0.29, 0.717) is 19.7 Å². The van der Waals surface area contributed by atoms with Crippen LogP contribution in [-0.2, 0) is 6.42 Å². The molecule has 0 saturated carbocycles. The number of urea groups is 1. The molecule has 0 saturated heterocycles. The molecular formula is C21H28N2O3. The maximum absolute atomic E-state index is 12.1. The van der Waals surface area contributed by atoms with Crippen LogP contribution in [0, 0.1) is 6.92 Å². The molecule has 0 fully saturated rings. The van der Waals surface area contributed by atoms with Crippen molar-refractivity contribution in [2.45, 2.75) is 26.2 Å². The number of aryl methyl sites for hydroxylation is 2. The molecule has 2 aromatic rings. The Morgan fingerprint density at radius 1 is 1.12 bits per heavy atom. The number of benzene rings is 2. The Morgan fingerprint density at radius 3 is 2.58 bits per heavy atom.